The van der Waals surface area contributed by atoms with Crippen LogP contribution in [-0.4, -0.2) is 13.1 Å². The van der Waals surface area contributed by atoms with Gasteiger partial charge in [0.25, 0.3) is 0 Å². The fourth-order valence-corrected chi connectivity index (χ4v) is 3.86. The van der Waals surface area contributed by atoms with Crippen molar-refractivity contribution in [3.05, 3.63) is 69.7 Å². The van der Waals surface area contributed by atoms with Gasteiger partial charge in [-0.2, -0.15) is 0 Å². The Bertz CT molecular complexity index is 615. The van der Waals surface area contributed by atoms with E-state index in [1.807, 2.05) is 12.1 Å². The van der Waals surface area contributed by atoms with E-state index < -0.39 is 0 Å². The summed E-state index contributed by atoms with van der Waals surface area (Å²) in [5, 5.41) is 4.42. The van der Waals surface area contributed by atoms with E-state index in [0.717, 1.165) is 18.1 Å². The smallest absolute Gasteiger partial charge is 0.0441 e. The minimum Gasteiger partial charge on any atom is -0.316 e. The lowest BCUT2D eigenvalue weighted by Crippen LogP contribution is -2.34. The lowest BCUT2D eigenvalue weighted by atomic mass is 9.77. The van der Waals surface area contributed by atoms with Gasteiger partial charge in [0.2, 0.25) is 0 Å². The van der Waals surface area contributed by atoms with Crippen molar-refractivity contribution in [1.29, 1.82) is 0 Å². The van der Waals surface area contributed by atoms with Crippen molar-refractivity contribution in [2.75, 3.05) is 13.1 Å². The van der Waals surface area contributed by atoms with E-state index in [0.29, 0.717) is 11.8 Å². The van der Waals surface area contributed by atoms with Crippen LogP contribution in [0.15, 0.2) is 42.5 Å². The average Bonchev–Trinajstić information content (AvgIpc) is 2.47. The second-order valence-electron chi connectivity index (χ2n) is 6.15. The van der Waals surface area contributed by atoms with Crippen molar-refractivity contribution < 1.29 is 0 Å². The van der Waals surface area contributed by atoms with Gasteiger partial charge < -0.3 is 5.32 Å². The molecule has 1 heterocycles. The van der Waals surface area contributed by atoms with Crippen molar-refractivity contribution in [3.63, 3.8) is 0 Å². The largest absolute Gasteiger partial charge is 0.316 e. The van der Waals surface area contributed by atoms with Crippen LogP contribution in [0.5, 0.6) is 0 Å². The molecule has 0 amide bonds. The van der Waals surface area contributed by atoms with Gasteiger partial charge in [0.05, 0.1) is 0 Å². The normalized spacial score (nSPS) is 22.2. The summed E-state index contributed by atoms with van der Waals surface area (Å²) in [5.74, 6) is 0.999. The fraction of sp³-hybridized carbons (Fsp3) is 0.368. The first-order valence-electron chi connectivity index (χ1n) is 7.68. The molecule has 110 valence electrons. The highest BCUT2D eigenvalue weighted by molar-refractivity contribution is 6.31. The van der Waals surface area contributed by atoms with Crippen molar-refractivity contribution in [2.45, 2.75) is 32.1 Å². The molecule has 1 fully saturated rings. The zero-order chi connectivity index (χ0) is 14.8. The SMILES string of the molecule is Cc1cc(C)cc(C2CCNCC2c2ccccc2Cl)c1. The summed E-state index contributed by atoms with van der Waals surface area (Å²) >= 11 is 6.45. The molecule has 2 unspecified atom stereocenters. The Balaban J connectivity index is 2.00. The molecule has 0 aliphatic carbocycles. The summed E-state index contributed by atoms with van der Waals surface area (Å²) in [6.07, 6.45) is 1.17. The number of nitrogens with one attached hydrogen (secondary N) is 1. The van der Waals surface area contributed by atoms with Crippen LogP contribution < -0.4 is 5.32 Å². The molecule has 2 aromatic rings. The topological polar surface area (TPSA) is 12.0 Å². The third-order valence-corrected chi connectivity index (χ3v) is 4.80. The van der Waals surface area contributed by atoms with E-state index in [9.17, 15) is 0 Å². The van der Waals surface area contributed by atoms with Crippen molar-refractivity contribution in [2.24, 2.45) is 0 Å². The molecule has 2 heteroatoms. The predicted octanol–water partition coefficient (Wildman–Crippen LogP) is 4.82. The molecule has 0 spiro atoms. The first kappa shape index (κ1) is 14.6. The number of aryl methyl sites for hydroxylation is 2. The Hall–Kier alpha value is -1.31. The third-order valence-electron chi connectivity index (χ3n) is 4.46. The number of benzene rings is 2. The highest BCUT2D eigenvalue weighted by Gasteiger charge is 2.29. The molecule has 2 aromatic carbocycles. The van der Waals surface area contributed by atoms with Gasteiger partial charge in [-0.1, -0.05) is 59.1 Å². The number of piperidine rings is 1. The first-order chi connectivity index (χ1) is 10.1. The lowest BCUT2D eigenvalue weighted by Gasteiger charge is -2.34. The molecule has 2 atom stereocenters. The van der Waals surface area contributed by atoms with Crippen molar-refractivity contribution in [3.8, 4) is 0 Å². The zero-order valence-corrected chi connectivity index (χ0v) is 13.5. The number of halogens is 1. The molecule has 21 heavy (non-hydrogen) atoms. The van der Waals surface area contributed by atoms with Crippen LogP contribution in [0.3, 0.4) is 0 Å². The zero-order valence-electron chi connectivity index (χ0n) is 12.7. The maximum Gasteiger partial charge on any atom is 0.0441 e. The summed E-state index contributed by atoms with van der Waals surface area (Å²) in [4.78, 5) is 0. The summed E-state index contributed by atoms with van der Waals surface area (Å²) in [6.45, 7) is 6.45. The van der Waals surface area contributed by atoms with Gasteiger partial charge in [-0.3, -0.25) is 0 Å². The average molecular weight is 300 g/mol. The van der Waals surface area contributed by atoms with Gasteiger partial charge in [-0.25, -0.2) is 0 Å². The first-order valence-corrected chi connectivity index (χ1v) is 8.06. The summed E-state index contributed by atoms with van der Waals surface area (Å²) in [6, 6.07) is 15.2. The van der Waals surface area contributed by atoms with E-state index in [4.69, 9.17) is 11.6 Å². The molecule has 0 saturated carbocycles. The van der Waals surface area contributed by atoms with Crippen LogP contribution in [-0.2, 0) is 0 Å². The monoisotopic (exact) mass is 299 g/mol. The number of rotatable bonds is 2. The van der Waals surface area contributed by atoms with E-state index in [2.05, 4.69) is 49.5 Å². The van der Waals surface area contributed by atoms with Gasteiger partial charge in [-0.05, 0) is 49.9 Å². The van der Waals surface area contributed by atoms with Crippen LogP contribution in [0.2, 0.25) is 5.02 Å². The van der Waals surface area contributed by atoms with Gasteiger partial charge in [0.1, 0.15) is 0 Å². The molecule has 1 aliphatic rings. The van der Waals surface area contributed by atoms with Gasteiger partial charge in [-0.15, -0.1) is 0 Å². The van der Waals surface area contributed by atoms with E-state index >= 15 is 0 Å². The summed E-state index contributed by atoms with van der Waals surface area (Å²) in [5.41, 5.74) is 5.43. The maximum atomic E-state index is 6.45. The van der Waals surface area contributed by atoms with Crippen molar-refractivity contribution >= 4 is 11.6 Å². The second kappa shape index (κ2) is 6.21. The molecule has 0 aromatic heterocycles. The van der Waals surface area contributed by atoms with Crippen LogP contribution in [0.4, 0.5) is 0 Å². The van der Waals surface area contributed by atoms with Crippen molar-refractivity contribution in [1.82, 2.24) is 5.32 Å². The second-order valence-corrected chi connectivity index (χ2v) is 6.56. The number of hydrogen-bond acceptors (Lipinski definition) is 1. The van der Waals surface area contributed by atoms with E-state index in [1.54, 1.807) is 0 Å². The highest BCUT2D eigenvalue weighted by atomic mass is 35.5. The Labute approximate surface area is 132 Å². The molecular weight excluding hydrogens is 278 g/mol. The lowest BCUT2D eigenvalue weighted by molar-refractivity contribution is 0.404. The van der Waals surface area contributed by atoms with E-state index in [1.165, 1.54) is 28.7 Å². The maximum absolute atomic E-state index is 6.45. The van der Waals surface area contributed by atoms with Crippen LogP contribution in [0, 0.1) is 13.8 Å². The van der Waals surface area contributed by atoms with Gasteiger partial charge >= 0.3 is 0 Å². The molecule has 1 saturated heterocycles. The quantitative estimate of drug-likeness (QED) is 0.838. The minimum atomic E-state index is 0.452. The third kappa shape index (κ3) is 3.14. The molecule has 1 aliphatic heterocycles. The van der Waals surface area contributed by atoms with E-state index in [-0.39, 0.29) is 0 Å². The molecular formula is C19H22ClN. The summed E-state index contributed by atoms with van der Waals surface area (Å²) < 4.78 is 0. The standard InChI is InChI=1S/C19H22ClN/c1-13-9-14(2)11-15(10-13)16-7-8-21-12-18(16)17-5-3-4-6-19(17)20/h3-6,9-11,16,18,21H,7-8,12H2,1-2H3. The van der Waals surface area contributed by atoms with Crippen LogP contribution in [0.25, 0.3) is 0 Å². The predicted molar refractivity (Wildman–Crippen MR) is 90.3 cm³/mol. The summed E-state index contributed by atoms with van der Waals surface area (Å²) in [7, 11) is 0. The molecule has 3 rings (SSSR count). The minimum absolute atomic E-state index is 0.452. The Kier molecular flexibility index (Phi) is 4.32. The highest BCUT2D eigenvalue weighted by Crippen LogP contribution is 2.40. The van der Waals surface area contributed by atoms with Gasteiger partial charge in [0.15, 0.2) is 0 Å². The molecule has 1 nitrogen and oxygen atoms in total. The Morgan fingerprint density at radius 2 is 1.71 bits per heavy atom. The molecule has 0 radical (unpaired) electrons. The number of hydrogen-bond donors (Lipinski definition) is 1. The fourth-order valence-electron chi connectivity index (χ4n) is 3.58. The molecule has 1 N–H and O–H groups in total. The van der Waals surface area contributed by atoms with Crippen LogP contribution in [0.1, 0.15) is 40.5 Å². The Morgan fingerprint density at radius 3 is 2.43 bits per heavy atom. The Morgan fingerprint density at radius 1 is 1.00 bits per heavy atom. The molecule has 0 bridgehead atoms. The van der Waals surface area contributed by atoms with Crippen LogP contribution >= 0.6 is 11.6 Å². The van der Waals surface area contributed by atoms with Gasteiger partial charge in [0, 0.05) is 17.5 Å².